The Kier molecular flexibility index (Phi) is 42.9. The SMILES string of the molecule is COC(=O)[C@H](CCCCCC(=O)COCCOCC(=O)O)NC(=O)COCCOCC(=O)O.COC(=O)[C@H](CCCCCC(=O)COCCOCC(=O)OCc1ccccc1)NC(=O)COCCOCC(=O)OCc1ccccc1. The van der Waals surface area contributed by atoms with Gasteiger partial charge in [-0.15, -0.1) is 0 Å². The molecule has 0 unspecified atom stereocenters. The molecule has 0 aliphatic carbocycles. The standard InChI is InChI=1S/C34H45NO12.C20H33NO12/c1-41-34(40)30(35-31(37)24-43-18-20-45-26-33(39)47-22-28-13-7-3-8-14-28)16-10-4-9-15-29(36)23-42-17-19-44-25-32(38)46-21-27-11-5-2-6-12-27;1-29-20(28)16(21-17(23)12-31-8-10-33-14-19(26)27)6-4-2-3-5-15(22)11-30-7-9-32-13-18(24)25/h2-3,5-8,11-14,30H,4,9-10,15-26H2,1H3,(H,35,37);16H,2-14H2,1H3,(H,21,23)(H,24,25)(H,26,27)/t30-;16-/m00/s1. The Bertz CT molecular complexity index is 2080. The van der Waals surface area contributed by atoms with E-state index in [4.69, 9.17) is 67.1 Å². The van der Waals surface area contributed by atoms with E-state index in [1.54, 1.807) is 0 Å². The molecular weight excluding hydrogens is 1060 g/mol. The van der Waals surface area contributed by atoms with Gasteiger partial charge in [0.25, 0.3) is 0 Å². The van der Waals surface area contributed by atoms with Crippen LogP contribution >= 0.6 is 0 Å². The van der Waals surface area contributed by atoms with Crippen LogP contribution in [0.25, 0.3) is 0 Å². The van der Waals surface area contributed by atoms with Gasteiger partial charge in [0.2, 0.25) is 11.8 Å². The minimum atomic E-state index is -1.11. The number of esters is 4. The number of carboxylic acid groups (broad SMARTS) is 2. The first-order chi connectivity index (χ1) is 38.6. The molecule has 0 heterocycles. The van der Waals surface area contributed by atoms with Gasteiger partial charge in [-0.3, -0.25) is 19.2 Å². The lowest BCUT2D eigenvalue weighted by Crippen LogP contribution is -2.43. The van der Waals surface area contributed by atoms with E-state index >= 15 is 0 Å². The average molecular weight is 1140 g/mol. The Morgan fingerprint density at radius 2 is 0.713 bits per heavy atom. The number of hydrogen-bond acceptors (Lipinski definition) is 22. The van der Waals surface area contributed by atoms with Crippen LogP contribution in [0.1, 0.15) is 75.3 Å². The van der Waals surface area contributed by atoms with Crippen LogP contribution in [0, 0.1) is 0 Å². The lowest BCUT2D eigenvalue weighted by Gasteiger charge is -2.16. The van der Waals surface area contributed by atoms with E-state index in [-0.39, 0.29) is 117 Å². The maximum Gasteiger partial charge on any atom is 0.332 e. The van der Waals surface area contributed by atoms with Gasteiger partial charge < -0.3 is 77.7 Å². The van der Waals surface area contributed by atoms with Gasteiger partial charge >= 0.3 is 35.8 Å². The van der Waals surface area contributed by atoms with Crippen LogP contribution in [-0.2, 0) is 118 Å². The number of carbonyl (C=O) groups is 10. The minimum Gasteiger partial charge on any atom is -0.480 e. The fourth-order valence-corrected chi connectivity index (χ4v) is 6.46. The van der Waals surface area contributed by atoms with E-state index in [2.05, 4.69) is 10.6 Å². The summed E-state index contributed by atoms with van der Waals surface area (Å²) in [5.41, 5.74) is 1.75. The molecule has 0 fully saturated rings. The number of ether oxygens (including phenoxy) is 12. The number of hydrogen-bond donors (Lipinski definition) is 4. The van der Waals surface area contributed by atoms with Crippen molar-refractivity contribution in [2.75, 3.05) is 120 Å². The second kappa shape index (κ2) is 48.2. The molecule has 2 aromatic rings. The van der Waals surface area contributed by atoms with Gasteiger partial charge in [-0.2, -0.15) is 0 Å². The summed E-state index contributed by atoms with van der Waals surface area (Å²) in [6.07, 6.45) is 4.90. The first kappa shape index (κ1) is 71.2. The van der Waals surface area contributed by atoms with Crippen LogP contribution in [0.2, 0.25) is 0 Å². The van der Waals surface area contributed by atoms with E-state index in [9.17, 15) is 47.9 Å². The third-order valence-corrected chi connectivity index (χ3v) is 10.4. The van der Waals surface area contributed by atoms with Gasteiger partial charge in [0.05, 0.1) is 67.1 Å². The minimum absolute atomic E-state index is 0.0161. The second-order valence-corrected chi connectivity index (χ2v) is 17.1. The number of amides is 2. The Morgan fingerprint density at radius 3 is 1.04 bits per heavy atom. The summed E-state index contributed by atoms with van der Waals surface area (Å²) in [4.78, 5) is 116. The van der Waals surface area contributed by atoms with Crippen molar-refractivity contribution >= 4 is 59.2 Å². The number of carboxylic acids is 2. The summed E-state index contributed by atoms with van der Waals surface area (Å²) in [5.74, 6) is -5.54. The molecule has 0 spiro atoms. The molecule has 0 saturated heterocycles. The zero-order chi connectivity index (χ0) is 58.9. The normalized spacial score (nSPS) is 11.4. The first-order valence-electron chi connectivity index (χ1n) is 25.9. The number of nitrogens with one attached hydrogen (secondary N) is 2. The average Bonchev–Trinajstić information content (AvgIpc) is 3.44. The molecule has 80 heavy (non-hydrogen) atoms. The number of carbonyl (C=O) groups excluding carboxylic acids is 8. The number of ketones is 2. The van der Waals surface area contributed by atoms with Crippen LogP contribution < -0.4 is 10.6 Å². The molecule has 0 saturated carbocycles. The Hall–Kier alpha value is -6.78. The van der Waals surface area contributed by atoms with E-state index in [1.165, 1.54) is 14.2 Å². The van der Waals surface area contributed by atoms with Crippen LogP contribution in [0.3, 0.4) is 0 Å². The fraction of sp³-hybridized carbons (Fsp3) is 0.593. The Balaban J connectivity index is 0.000000854. The maximum absolute atomic E-state index is 12.2. The van der Waals surface area contributed by atoms with Crippen molar-refractivity contribution < 1.29 is 115 Å². The van der Waals surface area contributed by atoms with Crippen molar-refractivity contribution in [1.29, 1.82) is 0 Å². The lowest BCUT2D eigenvalue weighted by molar-refractivity contribution is -0.151. The molecule has 0 aromatic heterocycles. The quantitative estimate of drug-likeness (QED) is 0.0419. The number of benzene rings is 2. The zero-order valence-corrected chi connectivity index (χ0v) is 45.6. The van der Waals surface area contributed by atoms with Gasteiger partial charge in [0, 0.05) is 12.8 Å². The predicted octanol–water partition coefficient (Wildman–Crippen LogP) is 2.12. The van der Waals surface area contributed by atoms with Gasteiger partial charge in [-0.05, 0) is 36.8 Å². The molecule has 2 amide bonds. The first-order valence-corrected chi connectivity index (χ1v) is 25.9. The highest BCUT2D eigenvalue weighted by molar-refractivity contribution is 5.86. The number of Topliss-reactive ketones (excluding diaryl/α,β-unsaturated/α-hetero) is 2. The van der Waals surface area contributed by atoms with Crippen LogP contribution in [-0.4, -0.2) is 201 Å². The summed E-state index contributed by atoms with van der Waals surface area (Å²) in [6, 6.07) is 16.9. The summed E-state index contributed by atoms with van der Waals surface area (Å²) in [6.45, 7) is -1.03. The molecule has 2 atom stereocenters. The fourth-order valence-electron chi connectivity index (χ4n) is 6.46. The highest BCUT2D eigenvalue weighted by Crippen LogP contribution is 2.10. The van der Waals surface area contributed by atoms with Gasteiger partial charge in [0.1, 0.15) is 78.2 Å². The van der Waals surface area contributed by atoms with Crippen molar-refractivity contribution in [3.63, 3.8) is 0 Å². The molecule has 0 bridgehead atoms. The molecule has 4 N–H and O–H groups in total. The van der Waals surface area contributed by atoms with Gasteiger partial charge in [-0.1, -0.05) is 86.3 Å². The third-order valence-electron chi connectivity index (χ3n) is 10.4. The van der Waals surface area contributed by atoms with Crippen LogP contribution in [0.4, 0.5) is 0 Å². The summed E-state index contributed by atoms with van der Waals surface area (Å²) < 4.78 is 60.4. The highest BCUT2D eigenvalue weighted by Gasteiger charge is 2.22. The molecule has 448 valence electrons. The van der Waals surface area contributed by atoms with E-state index in [0.717, 1.165) is 11.1 Å². The largest absolute Gasteiger partial charge is 0.480 e. The van der Waals surface area contributed by atoms with E-state index in [0.29, 0.717) is 64.2 Å². The molecule has 0 radical (unpaired) electrons. The summed E-state index contributed by atoms with van der Waals surface area (Å²) >= 11 is 0. The summed E-state index contributed by atoms with van der Waals surface area (Å²) in [5, 5.41) is 21.9. The molecule has 2 aromatic carbocycles. The van der Waals surface area contributed by atoms with Gasteiger partial charge in [0.15, 0.2) is 11.6 Å². The molecule has 26 nitrogen and oxygen atoms in total. The molecule has 26 heteroatoms. The predicted molar refractivity (Wildman–Crippen MR) is 278 cm³/mol. The molecule has 0 aliphatic heterocycles. The van der Waals surface area contributed by atoms with Gasteiger partial charge in [-0.25, -0.2) is 28.8 Å². The molecular formula is C54H78N2O24. The number of rotatable bonds is 48. The van der Waals surface area contributed by atoms with Crippen molar-refractivity contribution in [3.05, 3.63) is 71.8 Å². The van der Waals surface area contributed by atoms with Crippen LogP contribution in [0.15, 0.2) is 60.7 Å². The topological polar surface area (TPSA) is 346 Å². The van der Waals surface area contributed by atoms with Crippen molar-refractivity contribution in [2.24, 2.45) is 0 Å². The summed E-state index contributed by atoms with van der Waals surface area (Å²) in [7, 11) is 2.45. The number of methoxy groups -OCH3 is 2. The molecule has 2 rings (SSSR count). The maximum atomic E-state index is 12.2. The highest BCUT2D eigenvalue weighted by atomic mass is 16.6. The number of unbranched alkanes of at least 4 members (excludes halogenated alkanes) is 4. The van der Waals surface area contributed by atoms with E-state index in [1.807, 2.05) is 60.7 Å². The van der Waals surface area contributed by atoms with Crippen molar-refractivity contribution in [2.45, 2.75) is 89.5 Å². The molecule has 0 aliphatic rings. The third kappa shape index (κ3) is 42.2. The van der Waals surface area contributed by atoms with Crippen molar-refractivity contribution in [3.8, 4) is 0 Å². The lowest BCUT2D eigenvalue weighted by atomic mass is 10.1. The smallest absolute Gasteiger partial charge is 0.332 e. The Labute approximate surface area is 464 Å². The Morgan fingerprint density at radius 1 is 0.400 bits per heavy atom. The zero-order valence-electron chi connectivity index (χ0n) is 45.6. The van der Waals surface area contributed by atoms with Crippen LogP contribution in [0.5, 0.6) is 0 Å². The van der Waals surface area contributed by atoms with Crippen molar-refractivity contribution in [1.82, 2.24) is 10.6 Å². The number of aliphatic carboxylic acids is 2. The van der Waals surface area contributed by atoms with E-state index < -0.39 is 72.9 Å². The monoisotopic (exact) mass is 1140 g/mol. The second-order valence-electron chi connectivity index (χ2n) is 17.1.